The van der Waals surface area contributed by atoms with E-state index in [2.05, 4.69) is 18.8 Å². The second kappa shape index (κ2) is 6.55. The number of nitro benzene ring substituents is 1. The number of nitrogens with one attached hydrogen (secondary N) is 1. The van der Waals surface area contributed by atoms with Gasteiger partial charge in [-0.25, -0.2) is 0 Å². The van der Waals surface area contributed by atoms with E-state index in [1.54, 1.807) is 18.2 Å². The molecule has 1 aromatic heterocycles. The van der Waals surface area contributed by atoms with Crippen LogP contribution in [0.3, 0.4) is 0 Å². The van der Waals surface area contributed by atoms with Crippen molar-refractivity contribution in [2.24, 2.45) is 0 Å². The van der Waals surface area contributed by atoms with Crippen LogP contribution >= 0.6 is 0 Å². The fourth-order valence-electron chi connectivity index (χ4n) is 2.68. The summed E-state index contributed by atoms with van der Waals surface area (Å²) in [7, 11) is 0. The number of H-pyrrole nitrogens is 1. The smallest absolute Gasteiger partial charge is 0.270 e. The highest BCUT2D eigenvalue weighted by Gasteiger charge is 2.14. The quantitative estimate of drug-likeness (QED) is 0.431. The third-order valence-corrected chi connectivity index (χ3v) is 3.93. The van der Waals surface area contributed by atoms with Gasteiger partial charge in [0.15, 0.2) is 0 Å². The predicted octanol–water partition coefficient (Wildman–Crippen LogP) is 5.15. The second-order valence-corrected chi connectivity index (χ2v) is 5.48. The van der Waals surface area contributed by atoms with Crippen molar-refractivity contribution in [3.8, 4) is 0 Å². The van der Waals surface area contributed by atoms with Crippen molar-refractivity contribution in [2.75, 3.05) is 0 Å². The first-order valence-electron chi connectivity index (χ1n) is 7.39. The number of fused-ring (bicyclic) bond motifs is 1. The second-order valence-electron chi connectivity index (χ2n) is 5.48. The summed E-state index contributed by atoms with van der Waals surface area (Å²) in [6, 6.07) is 5.03. The van der Waals surface area contributed by atoms with Gasteiger partial charge in [0.05, 0.1) is 4.92 Å². The van der Waals surface area contributed by atoms with Crippen LogP contribution in [0.25, 0.3) is 10.9 Å². The van der Waals surface area contributed by atoms with Crippen molar-refractivity contribution in [2.45, 2.75) is 51.9 Å². The molecule has 0 fully saturated rings. The lowest BCUT2D eigenvalue weighted by Crippen LogP contribution is -1.93. The minimum Gasteiger partial charge on any atom is -0.361 e. The summed E-state index contributed by atoms with van der Waals surface area (Å²) in [5.41, 5.74) is 2.34. The number of aromatic nitrogens is 1. The number of hydrogen-bond acceptors (Lipinski definition) is 2. The van der Waals surface area contributed by atoms with Gasteiger partial charge in [0.1, 0.15) is 0 Å². The zero-order valence-electron chi connectivity index (χ0n) is 12.2. The predicted molar refractivity (Wildman–Crippen MR) is 82.1 cm³/mol. The van der Waals surface area contributed by atoms with Crippen LogP contribution in [0.1, 0.15) is 57.4 Å². The molecule has 0 aliphatic carbocycles. The van der Waals surface area contributed by atoms with Crippen molar-refractivity contribution in [3.63, 3.8) is 0 Å². The third-order valence-electron chi connectivity index (χ3n) is 3.93. The molecule has 0 saturated heterocycles. The van der Waals surface area contributed by atoms with E-state index >= 15 is 0 Å². The molecular formula is C16H22N2O2. The van der Waals surface area contributed by atoms with Crippen molar-refractivity contribution in [1.82, 2.24) is 4.98 Å². The van der Waals surface area contributed by atoms with E-state index in [-0.39, 0.29) is 10.6 Å². The summed E-state index contributed by atoms with van der Waals surface area (Å²) in [6.07, 6.45) is 8.15. The Kier molecular flexibility index (Phi) is 4.77. The number of nitrogens with zero attached hydrogens (tertiary/aromatic N) is 1. The van der Waals surface area contributed by atoms with Crippen LogP contribution in [0.2, 0.25) is 0 Å². The van der Waals surface area contributed by atoms with Gasteiger partial charge in [-0.2, -0.15) is 0 Å². The standard InChI is InChI=1S/C16H22N2O2/c1-3-4-5-6-7-12(2)15-11-17-16-9-8-13(18(19)20)10-14(15)16/h8-12,17H,3-7H2,1-2H3. The van der Waals surface area contributed by atoms with Crippen molar-refractivity contribution in [1.29, 1.82) is 0 Å². The number of benzene rings is 1. The van der Waals surface area contributed by atoms with Crippen molar-refractivity contribution < 1.29 is 4.92 Å². The number of hydrogen-bond donors (Lipinski definition) is 1. The van der Waals surface area contributed by atoms with E-state index in [9.17, 15) is 10.1 Å². The Labute approximate surface area is 119 Å². The molecule has 0 spiro atoms. The molecule has 2 rings (SSSR count). The van der Waals surface area contributed by atoms with E-state index in [0.717, 1.165) is 17.3 Å². The van der Waals surface area contributed by atoms with E-state index in [1.807, 2.05) is 6.20 Å². The Hall–Kier alpha value is -1.84. The Morgan fingerprint density at radius 1 is 1.30 bits per heavy atom. The van der Waals surface area contributed by atoms with Crippen LogP contribution in [-0.4, -0.2) is 9.91 Å². The zero-order valence-corrected chi connectivity index (χ0v) is 12.2. The van der Waals surface area contributed by atoms with Crippen LogP contribution in [0, 0.1) is 10.1 Å². The normalized spacial score (nSPS) is 12.7. The number of aromatic amines is 1. The molecule has 1 N–H and O–H groups in total. The molecular weight excluding hydrogens is 252 g/mol. The molecule has 1 heterocycles. The lowest BCUT2D eigenvalue weighted by molar-refractivity contribution is -0.384. The number of rotatable bonds is 7. The Morgan fingerprint density at radius 3 is 2.80 bits per heavy atom. The van der Waals surface area contributed by atoms with Crippen molar-refractivity contribution in [3.05, 3.63) is 40.1 Å². The zero-order chi connectivity index (χ0) is 14.5. The highest BCUT2D eigenvalue weighted by molar-refractivity contribution is 5.85. The molecule has 1 aromatic carbocycles. The first-order chi connectivity index (χ1) is 9.63. The number of unbranched alkanes of at least 4 members (excludes halogenated alkanes) is 3. The van der Waals surface area contributed by atoms with E-state index in [0.29, 0.717) is 5.92 Å². The largest absolute Gasteiger partial charge is 0.361 e. The monoisotopic (exact) mass is 274 g/mol. The average molecular weight is 274 g/mol. The van der Waals surface area contributed by atoms with Gasteiger partial charge in [0.2, 0.25) is 0 Å². The molecule has 1 unspecified atom stereocenters. The molecule has 0 saturated carbocycles. The first kappa shape index (κ1) is 14.6. The van der Waals surface area contributed by atoms with Gasteiger partial charge in [-0.05, 0) is 24.0 Å². The van der Waals surface area contributed by atoms with E-state index < -0.39 is 0 Å². The summed E-state index contributed by atoms with van der Waals surface area (Å²) >= 11 is 0. The lowest BCUT2D eigenvalue weighted by atomic mass is 9.94. The fraction of sp³-hybridized carbons (Fsp3) is 0.500. The van der Waals surface area contributed by atoms with Crippen molar-refractivity contribution >= 4 is 16.6 Å². The maximum Gasteiger partial charge on any atom is 0.270 e. The molecule has 108 valence electrons. The van der Waals surface area contributed by atoms with Gasteiger partial charge in [0, 0.05) is 29.2 Å². The summed E-state index contributed by atoms with van der Waals surface area (Å²) in [4.78, 5) is 13.8. The van der Waals surface area contributed by atoms with E-state index in [4.69, 9.17) is 0 Å². The SMILES string of the molecule is CCCCCCC(C)c1c[nH]c2ccc([N+](=O)[O-])cc12. The van der Waals surface area contributed by atoms with Gasteiger partial charge in [-0.15, -0.1) is 0 Å². The Bertz CT molecular complexity index is 589. The average Bonchev–Trinajstić information content (AvgIpc) is 2.86. The minimum absolute atomic E-state index is 0.163. The molecule has 2 aromatic rings. The molecule has 4 nitrogen and oxygen atoms in total. The van der Waals surface area contributed by atoms with E-state index in [1.165, 1.54) is 31.2 Å². The molecule has 0 amide bonds. The fourth-order valence-corrected chi connectivity index (χ4v) is 2.68. The minimum atomic E-state index is -0.331. The van der Waals surface area contributed by atoms with Crippen LogP contribution in [0.15, 0.2) is 24.4 Å². The summed E-state index contributed by atoms with van der Waals surface area (Å²) < 4.78 is 0. The van der Waals surface area contributed by atoms with Gasteiger partial charge in [0.25, 0.3) is 5.69 Å². The molecule has 0 radical (unpaired) electrons. The van der Waals surface area contributed by atoms with Gasteiger partial charge >= 0.3 is 0 Å². The molecule has 20 heavy (non-hydrogen) atoms. The molecule has 0 aliphatic rings. The Balaban J connectivity index is 2.16. The molecule has 0 bridgehead atoms. The van der Waals surface area contributed by atoms with Gasteiger partial charge < -0.3 is 4.98 Å². The van der Waals surface area contributed by atoms with Gasteiger partial charge in [-0.3, -0.25) is 10.1 Å². The number of non-ortho nitro benzene ring substituents is 1. The third kappa shape index (κ3) is 3.18. The van der Waals surface area contributed by atoms with Crippen LogP contribution in [-0.2, 0) is 0 Å². The molecule has 1 atom stereocenters. The first-order valence-corrected chi connectivity index (χ1v) is 7.39. The molecule has 0 aliphatic heterocycles. The van der Waals surface area contributed by atoms with Crippen LogP contribution < -0.4 is 0 Å². The number of nitro groups is 1. The highest BCUT2D eigenvalue weighted by atomic mass is 16.6. The maximum atomic E-state index is 10.9. The highest BCUT2D eigenvalue weighted by Crippen LogP contribution is 2.31. The lowest BCUT2D eigenvalue weighted by Gasteiger charge is -2.10. The summed E-state index contributed by atoms with van der Waals surface area (Å²) in [5, 5.41) is 11.9. The Morgan fingerprint density at radius 2 is 2.10 bits per heavy atom. The summed E-state index contributed by atoms with van der Waals surface area (Å²) in [6.45, 7) is 4.41. The molecule has 4 heteroatoms. The van der Waals surface area contributed by atoms with Crippen LogP contribution in [0.4, 0.5) is 5.69 Å². The van der Waals surface area contributed by atoms with Crippen LogP contribution in [0.5, 0.6) is 0 Å². The topological polar surface area (TPSA) is 58.9 Å². The summed E-state index contributed by atoms with van der Waals surface area (Å²) in [5.74, 6) is 0.433. The van der Waals surface area contributed by atoms with Gasteiger partial charge in [-0.1, -0.05) is 39.5 Å². The maximum absolute atomic E-state index is 10.9.